The summed E-state index contributed by atoms with van der Waals surface area (Å²) in [6.07, 6.45) is -1.58. The number of ether oxygens (including phenoxy) is 2. The molecule has 14 heavy (non-hydrogen) atoms. The normalized spacial score (nSPS) is 8.14. The Morgan fingerprint density at radius 2 is 1.36 bits per heavy atom. The van der Waals surface area contributed by atoms with E-state index in [0.717, 1.165) is 0 Å². The van der Waals surface area contributed by atoms with Crippen molar-refractivity contribution in [3.8, 4) is 0 Å². The van der Waals surface area contributed by atoms with Crippen LogP contribution in [0.4, 0.5) is 9.59 Å². The van der Waals surface area contributed by atoms with E-state index in [1.54, 1.807) is 24.8 Å². The molecule has 0 aromatic heterocycles. The van der Waals surface area contributed by atoms with E-state index in [0.29, 0.717) is 0 Å². The Morgan fingerprint density at radius 1 is 1.00 bits per heavy atom. The van der Waals surface area contributed by atoms with Crippen LogP contribution in [0, 0.1) is 0 Å². The van der Waals surface area contributed by atoms with Crippen LogP contribution in [0.2, 0.25) is 0 Å². The monoisotopic (exact) mass is 387 g/mol. The molecule has 0 aromatic carbocycles. The Bertz CT molecular complexity index is 160. The molecule has 0 fully saturated rings. The predicted molar refractivity (Wildman–Crippen MR) is 41.4 cm³/mol. The van der Waals surface area contributed by atoms with Gasteiger partial charge in [0, 0.05) is 21.1 Å². The van der Waals surface area contributed by atoms with Crippen LogP contribution in [0.1, 0.15) is 13.8 Å². The summed E-state index contributed by atoms with van der Waals surface area (Å²) in [5.41, 5.74) is 3.60. The average molecular weight is 387 g/mol. The minimum atomic E-state index is -0.792. The number of nitrogens with one attached hydrogen (secondary N) is 2. The fraction of sp³-hybridized carbons (Fsp3) is 0.667. The summed E-state index contributed by atoms with van der Waals surface area (Å²) in [5.74, 6) is 0. The van der Waals surface area contributed by atoms with Crippen LogP contribution in [0.3, 0.4) is 0 Å². The van der Waals surface area contributed by atoms with Gasteiger partial charge in [0.1, 0.15) is 0 Å². The smallest absolute Gasteiger partial charge is 0.433 e. The fourth-order valence-corrected chi connectivity index (χ4v) is 0.430. The summed E-state index contributed by atoms with van der Waals surface area (Å²) in [7, 11) is 0. The van der Waals surface area contributed by atoms with E-state index in [1.807, 2.05) is 0 Å². The molecule has 0 aromatic rings. The predicted octanol–water partition coefficient (Wildman–Crippen LogP) is 0.323. The van der Waals surface area contributed by atoms with Gasteiger partial charge in [-0.3, -0.25) is 0 Å². The van der Waals surface area contributed by atoms with Crippen molar-refractivity contribution in [3.63, 3.8) is 0 Å². The second-order valence-corrected chi connectivity index (χ2v) is 1.75. The number of hydrogen-bond donors (Lipinski definition) is 2. The van der Waals surface area contributed by atoms with Crippen LogP contribution in [-0.4, -0.2) is 25.4 Å². The molecule has 0 aliphatic heterocycles. The molecule has 86 valence electrons. The topological polar surface area (TPSA) is 85.9 Å². The maximum absolute atomic E-state index is 10.5. The quantitative estimate of drug-likeness (QED) is 0.679. The first-order valence-corrected chi connectivity index (χ1v) is 3.72. The zero-order chi connectivity index (χ0) is 10.1. The largest absolute Gasteiger partial charge is 0.448 e. The van der Waals surface area contributed by atoms with Gasteiger partial charge in [0.05, 0.1) is 13.2 Å². The molecule has 0 heterocycles. The third-order valence-corrected chi connectivity index (χ3v) is 0.820. The Morgan fingerprint density at radius 3 is 1.64 bits per heavy atom. The maximum Gasteiger partial charge on any atom is 0.433 e. The molecule has 0 aliphatic rings. The molecule has 0 radical (unpaired) electrons. The second kappa shape index (κ2) is 10.3. The summed E-state index contributed by atoms with van der Waals surface area (Å²) >= 11 is 0. The Balaban J connectivity index is 0. The molecule has 0 aliphatic carbocycles. The molecule has 0 bridgehead atoms. The van der Waals surface area contributed by atoms with Crippen molar-refractivity contribution in [2.45, 2.75) is 13.8 Å². The number of rotatable bonds is 4. The van der Waals surface area contributed by atoms with Crippen LogP contribution < -0.4 is 11.0 Å². The van der Waals surface area contributed by atoms with Crippen molar-refractivity contribution in [2.24, 2.45) is 0 Å². The van der Waals surface area contributed by atoms with Gasteiger partial charge in [-0.2, -0.15) is 11.0 Å². The molecule has 0 saturated carbocycles. The van der Waals surface area contributed by atoms with Crippen molar-refractivity contribution in [1.82, 2.24) is 11.0 Å². The summed E-state index contributed by atoms with van der Waals surface area (Å²) in [5, 5.41) is 0. The van der Waals surface area contributed by atoms with E-state index in [1.165, 1.54) is 0 Å². The molecule has 0 saturated heterocycles. The summed E-state index contributed by atoms with van der Waals surface area (Å²) in [6, 6.07) is 0. The molecular weight excluding hydrogens is 375 g/mol. The number of amides is 2. The van der Waals surface area contributed by atoms with Gasteiger partial charge in [-0.15, -0.1) is 4.94 Å². The standard InChI is InChI=1S/C6H12N2O5.Pt/c1-3-11-5(9)7-13-8-6(10)12-4-2;/h3-4H2,1-2H3,(H,7,9)(H,8,10);. The first-order valence-electron chi connectivity index (χ1n) is 3.72. The summed E-state index contributed by atoms with van der Waals surface area (Å²) in [4.78, 5) is 25.3. The molecule has 0 unspecified atom stereocenters. The SMILES string of the molecule is CCOC(=O)NONC(=O)OCC.[Pt]. The van der Waals surface area contributed by atoms with Gasteiger partial charge < -0.3 is 9.47 Å². The van der Waals surface area contributed by atoms with E-state index in [9.17, 15) is 9.59 Å². The van der Waals surface area contributed by atoms with Crippen LogP contribution in [-0.2, 0) is 35.5 Å². The number of carbonyl (C=O) groups is 2. The molecule has 7 nitrogen and oxygen atoms in total. The van der Waals surface area contributed by atoms with Gasteiger partial charge in [0.15, 0.2) is 0 Å². The Kier molecular flexibility index (Phi) is 11.5. The minimum Gasteiger partial charge on any atom is -0.448 e. The van der Waals surface area contributed by atoms with E-state index in [2.05, 4.69) is 14.4 Å². The van der Waals surface area contributed by atoms with Crippen molar-refractivity contribution in [3.05, 3.63) is 0 Å². The van der Waals surface area contributed by atoms with Gasteiger partial charge in [0.2, 0.25) is 0 Å². The molecule has 2 amide bonds. The fourth-order valence-electron chi connectivity index (χ4n) is 0.430. The molecule has 0 spiro atoms. The zero-order valence-electron chi connectivity index (χ0n) is 7.77. The number of carbonyl (C=O) groups excluding carboxylic acids is 2. The number of hydroxylamine groups is 2. The first-order chi connectivity index (χ1) is 6.20. The van der Waals surface area contributed by atoms with Crippen molar-refractivity contribution < 1.29 is 45.1 Å². The third-order valence-electron chi connectivity index (χ3n) is 0.820. The van der Waals surface area contributed by atoms with Gasteiger partial charge in [-0.05, 0) is 13.8 Å². The van der Waals surface area contributed by atoms with Crippen LogP contribution in [0.15, 0.2) is 0 Å². The van der Waals surface area contributed by atoms with Gasteiger partial charge >= 0.3 is 12.2 Å². The Labute approximate surface area is 95.6 Å². The van der Waals surface area contributed by atoms with Crippen LogP contribution in [0.5, 0.6) is 0 Å². The van der Waals surface area contributed by atoms with Crippen LogP contribution >= 0.6 is 0 Å². The van der Waals surface area contributed by atoms with Crippen molar-refractivity contribution in [1.29, 1.82) is 0 Å². The van der Waals surface area contributed by atoms with Gasteiger partial charge in [0.25, 0.3) is 0 Å². The molecular formula is C6H12N2O5Pt. The maximum atomic E-state index is 10.5. The molecule has 0 rings (SSSR count). The van der Waals surface area contributed by atoms with Gasteiger partial charge in [-0.1, -0.05) is 0 Å². The van der Waals surface area contributed by atoms with Crippen LogP contribution in [0.25, 0.3) is 0 Å². The summed E-state index contributed by atoms with van der Waals surface area (Å²) in [6.45, 7) is 3.71. The van der Waals surface area contributed by atoms with E-state index >= 15 is 0 Å². The third kappa shape index (κ3) is 9.28. The van der Waals surface area contributed by atoms with E-state index in [-0.39, 0.29) is 34.3 Å². The van der Waals surface area contributed by atoms with Gasteiger partial charge in [-0.25, -0.2) is 9.59 Å². The Hall–Kier alpha value is -0.812. The first kappa shape index (κ1) is 15.7. The van der Waals surface area contributed by atoms with Crippen molar-refractivity contribution >= 4 is 12.2 Å². The summed E-state index contributed by atoms with van der Waals surface area (Å²) < 4.78 is 8.83. The molecule has 2 N–H and O–H groups in total. The zero-order valence-corrected chi connectivity index (χ0v) is 10.0. The number of hydrogen-bond acceptors (Lipinski definition) is 5. The van der Waals surface area contributed by atoms with E-state index < -0.39 is 12.2 Å². The minimum absolute atomic E-state index is 0. The van der Waals surface area contributed by atoms with Crippen molar-refractivity contribution in [2.75, 3.05) is 13.2 Å². The second-order valence-electron chi connectivity index (χ2n) is 1.75. The van der Waals surface area contributed by atoms with E-state index in [4.69, 9.17) is 0 Å². The average Bonchev–Trinajstić information content (AvgIpc) is 2.05. The molecule has 0 atom stereocenters. The molecule has 8 heteroatoms.